The van der Waals surface area contributed by atoms with Crippen molar-refractivity contribution in [2.24, 2.45) is 0 Å². The molecule has 3 heterocycles. The van der Waals surface area contributed by atoms with Crippen molar-refractivity contribution in [1.82, 2.24) is 9.97 Å². The fourth-order valence-corrected chi connectivity index (χ4v) is 3.67. The normalized spacial score (nSPS) is 14.2. The fourth-order valence-electron chi connectivity index (χ4n) is 3.67. The van der Waals surface area contributed by atoms with Crippen LogP contribution >= 0.6 is 0 Å². The van der Waals surface area contributed by atoms with Gasteiger partial charge in [-0.1, -0.05) is 12.1 Å². The van der Waals surface area contributed by atoms with E-state index in [0.717, 1.165) is 43.1 Å². The number of fused-ring (bicyclic) bond motifs is 1. The number of nitrogens with zero attached hydrogens (tertiary/aromatic N) is 3. The molecule has 1 aliphatic heterocycles. The van der Waals surface area contributed by atoms with Crippen LogP contribution in [0.4, 0.5) is 5.69 Å². The number of pyridine rings is 1. The average Bonchev–Trinajstić information content (AvgIpc) is 3.24. The summed E-state index contributed by atoms with van der Waals surface area (Å²) < 4.78 is 11.2. The Labute approximate surface area is 174 Å². The van der Waals surface area contributed by atoms with Gasteiger partial charge in [0.05, 0.1) is 13.2 Å². The molecule has 0 amide bonds. The lowest BCUT2D eigenvalue weighted by molar-refractivity contribution is 0.0993. The summed E-state index contributed by atoms with van der Waals surface area (Å²) in [5, 5.41) is 0. The lowest BCUT2D eigenvalue weighted by atomic mass is 10.0. The van der Waals surface area contributed by atoms with E-state index < -0.39 is 0 Å². The molecule has 4 aromatic rings. The number of benzene rings is 2. The summed E-state index contributed by atoms with van der Waals surface area (Å²) in [5.74, 6) is 0.591. The molecule has 30 heavy (non-hydrogen) atoms. The highest BCUT2D eigenvalue weighted by Gasteiger charge is 2.14. The molecule has 0 bridgehead atoms. The number of carbonyl (C=O) groups excluding carboxylic acids is 1. The van der Waals surface area contributed by atoms with Crippen LogP contribution in [-0.4, -0.2) is 42.1 Å². The predicted octanol–water partition coefficient (Wildman–Crippen LogP) is 4.15. The fraction of sp³-hybridized carbons (Fsp3) is 0.208. The van der Waals surface area contributed by atoms with Crippen LogP contribution in [0.15, 0.2) is 71.3 Å². The Bertz CT molecular complexity index is 1140. The SMILES string of the molecule is O=C(Cc1cccc(-c2nc3ncccc3o2)c1)c1ccc(N2CCOCC2)cc1. The lowest BCUT2D eigenvalue weighted by Crippen LogP contribution is -2.36. The second kappa shape index (κ2) is 8.08. The monoisotopic (exact) mass is 399 g/mol. The highest BCUT2D eigenvalue weighted by atomic mass is 16.5. The van der Waals surface area contributed by atoms with Crippen molar-refractivity contribution in [2.45, 2.75) is 6.42 Å². The first-order valence-corrected chi connectivity index (χ1v) is 10.0. The van der Waals surface area contributed by atoms with Crippen LogP contribution in [0.25, 0.3) is 22.7 Å². The van der Waals surface area contributed by atoms with Crippen molar-refractivity contribution in [3.05, 3.63) is 78.0 Å². The Morgan fingerprint density at radius 1 is 1.00 bits per heavy atom. The molecular formula is C24H21N3O3. The average molecular weight is 399 g/mol. The van der Waals surface area contributed by atoms with Gasteiger partial charge in [-0.25, -0.2) is 4.98 Å². The summed E-state index contributed by atoms with van der Waals surface area (Å²) in [6, 6.07) is 19.2. The predicted molar refractivity (Wildman–Crippen MR) is 115 cm³/mol. The van der Waals surface area contributed by atoms with Crippen molar-refractivity contribution >= 4 is 22.7 Å². The number of anilines is 1. The van der Waals surface area contributed by atoms with Crippen LogP contribution in [0.1, 0.15) is 15.9 Å². The maximum atomic E-state index is 12.8. The van der Waals surface area contributed by atoms with Gasteiger partial charge < -0.3 is 14.1 Å². The van der Waals surface area contributed by atoms with E-state index in [0.29, 0.717) is 29.1 Å². The summed E-state index contributed by atoms with van der Waals surface area (Å²) in [5.41, 5.74) is 4.82. The lowest BCUT2D eigenvalue weighted by Gasteiger charge is -2.28. The van der Waals surface area contributed by atoms with Crippen molar-refractivity contribution in [2.75, 3.05) is 31.2 Å². The Hall–Kier alpha value is -3.51. The molecule has 2 aromatic carbocycles. The van der Waals surface area contributed by atoms with Crippen molar-refractivity contribution in [1.29, 1.82) is 0 Å². The highest BCUT2D eigenvalue weighted by molar-refractivity contribution is 5.98. The van der Waals surface area contributed by atoms with E-state index in [9.17, 15) is 4.79 Å². The number of oxazole rings is 1. The Morgan fingerprint density at radius 3 is 2.63 bits per heavy atom. The molecule has 150 valence electrons. The van der Waals surface area contributed by atoms with E-state index >= 15 is 0 Å². The standard InChI is InChI=1S/C24H21N3O3/c28-21(18-6-8-20(9-7-18)27-11-13-29-14-12-27)16-17-3-1-4-19(15-17)24-26-23-22(30-24)5-2-10-25-23/h1-10,15H,11-14,16H2. The van der Waals surface area contributed by atoms with Crippen LogP contribution < -0.4 is 4.90 Å². The molecule has 2 aromatic heterocycles. The van der Waals surface area contributed by atoms with Gasteiger partial charge in [0.2, 0.25) is 5.89 Å². The number of hydrogen-bond donors (Lipinski definition) is 0. The number of ketones is 1. The molecular weight excluding hydrogens is 378 g/mol. The number of carbonyl (C=O) groups is 1. The number of rotatable bonds is 5. The molecule has 1 aliphatic rings. The van der Waals surface area contributed by atoms with Gasteiger partial charge in [-0.3, -0.25) is 4.79 Å². The first-order valence-electron chi connectivity index (χ1n) is 10.0. The zero-order valence-corrected chi connectivity index (χ0v) is 16.5. The van der Waals surface area contributed by atoms with Crippen LogP contribution in [-0.2, 0) is 11.2 Å². The molecule has 0 radical (unpaired) electrons. The smallest absolute Gasteiger partial charge is 0.228 e. The Morgan fingerprint density at radius 2 is 1.83 bits per heavy atom. The maximum Gasteiger partial charge on any atom is 0.228 e. The summed E-state index contributed by atoms with van der Waals surface area (Å²) in [6.45, 7) is 3.25. The zero-order chi connectivity index (χ0) is 20.3. The van der Waals surface area contributed by atoms with Crippen LogP contribution in [0, 0.1) is 0 Å². The minimum atomic E-state index is 0.0832. The number of morpholine rings is 1. The highest BCUT2D eigenvalue weighted by Crippen LogP contribution is 2.24. The molecule has 6 nitrogen and oxygen atoms in total. The third kappa shape index (κ3) is 3.82. The van der Waals surface area contributed by atoms with Crippen molar-refractivity contribution in [3.8, 4) is 11.5 Å². The van der Waals surface area contributed by atoms with Crippen LogP contribution in [0.3, 0.4) is 0 Å². The summed E-state index contributed by atoms with van der Waals surface area (Å²) in [7, 11) is 0. The zero-order valence-electron chi connectivity index (χ0n) is 16.5. The summed E-state index contributed by atoms with van der Waals surface area (Å²) in [4.78, 5) is 23.7. The van der Waals surface area contributed by atoms with E-state index in [1.54, 1.807) is 6.20 Å². The second-order valence-electron chi connectivity index (χ2n) is 7.29. The number of Topliss-reactive ketones (excluding diaryl/α,β-unsaturated/α-hetero) is 1. The van der Waals surface area contributed by atoms with Gasteiger partial charge in [-0.15, -0.1) is 0 Å². The molecule has 0 aliphatic carbocycles. The van der Waals surface area contributed by atoms with Crippen molar-refractivity contribution in [3.63, 3.8) is 0 Å². The van der Waals surface area contributed by atoms with Gasteiger partial charge in [0.15, 0.2) is 17.0 Å². The Balaban J connectivity index is 1.31. The molecule has 0 spiro atoms. The van der Waals surface area contributed by atoms with E-state index in [4.69, 9.17) is 9.15 Å². The molecule has 0 saturated carbocycles. The van der Waals surface area contributed by atoms with Gasteiger partial charge in [0.1, 0.15) is 0 Å². The Kier molecular flexibility index (Phi) is 4.99. The van der Waals surface area contributed by atoms with Crippen LogP contribution in [0.2, 0.25) is 0 Å². The van der Waals surface area contributed by atoms with Crippen molar-refractivity contribution < 1.29 is 13.9 Å². The summed E-state index contributed by atoms with van der Waals surface area (Å²) in [6.07, 6.45) is 2.01. The van der Waals surface area contributed by atoms with Gasteiger partial charge in [0, 0.05) is 42.5 Å². The largest absolute Gasteiger partial charge is 0.434 e. The molecule has 1 saturated heterocycles. The van der Waals surface area contributed by atoms with E-state index in [2.05, 4.69) is 14.9 Å². The minimum Gasteiger partial charge on any atom is -0.434 e. The van der Waals surface area contributed by atoms with E-state index in [-0.39, 0.29) is 5.78 Å². The molecule has 0 atom stereocenters. The van der Waals surface area contributed by atoms with Gasteiger partial charge >= 0.3 is 0 Å². The van der Waals surface area contributed by atoms with E-state index in [1.165, 1.54) is 0 Å². The third-order valence-electron chi connectivity index (χ3n) is 5.27. The van der Waals surface area contributed by atoms with E-state index in [1.807, 2.05) is 60.7 Å². The molecule has 6 heteroatoms. The van der Waals surface area contributed by atoms with Gasteiger partial charge in [0.25, 0.3) is 0 Å². The number of ether oxygens (including phenoxy) is 1. The first kappa shape index (κ1) is 18.5. The maximum absolute atomic E-state index is 12.8. The quantitative estimate of drug-likeness (QED) is 0.470. The number of aromatic nitrogens is 2. The van der Waals surface area contributed by atoms with Crippen LogP contribution in [0.5, 0.6) is 0 Å². The topological polar surface area (TPSA) is 68.5 Å². The molecule has 1 fully saturated rings. The van der Waals surface area contributed by atoms with Gasteiger partial charge in [-0.2, -0.15) is 4.98 Å². The molecule has 0 N–H and O–H groups in total. The summed E-state index contributed by atoms with van der Waals surface area (Å²) >= 11 is 0. The molecule has 0 unspecified atom stereocenters. The second-order valence-corrected chi connectivity index (χ2v) is 7.29. The minimum absolute atomic E-state index is 0.0832. The third-order valence-corrected chi connectivity index (χ3v) is 5.27. The van der Waals surface area contributed by atoms with Gasteiger partial charge in [-0.05, 0) is 54.1 Å². The number of hydrogen-bond acceptors (Lipinski definition) is 6. The first-order chi connectivity index (χ1) is 14.8. The molecule has 5 rings (SSSR count).